The minimum Gasteiger partial charge on any atom is -0.480 e. The number of halogens is 1. The minimum absolute atomic E-state index is 0.239. The zero-order valence-electron chi connectivity index (χ0n) is 13.7. The number of nitrogens with one attached hydrogen (secondary N) is 2. The van der Waals surface area contributed by atoms with E-state index in [9.17, 15) is 4.79 Å². The lowest BCUT2D eigenvalue weighted by atomic mass is 10.2. The number of carboxylic acids is 1. The lowest BCUT2D eigenvalue weighted by Gasteiger charge is -2.11. The van der Waals surface area contributed by atoms with Gasteiger partial charge in [0.15, 0.2) is 0 Å². The summed E-state index contributed by atoms with van der Waals surface area (Å²) in [5.74, 6) is -0.158. The number of carbonyl (C=O) groups is 1. The summed E-state index contributed by atoms with van der Waals surface area (Å²) in [6.45, 7) is 0.295. The summed E-state index contributed by atoms with van der Waals surface area (Å²) in [6, 6.07) is 13.4. The van der Waals surface area contributed by atoms with Crippen LogP contribution in [0.1, 0.15) is 5.56 Å². The molecule has 132 valence electrons. The molecule has 0 spiro atoms. The molecule has 8 heteroatoms. The molecule has 0 amide bonds. The van der Waals surface area contributed by atoms with Gasteiger partial charge in [0.05, 0.1) is 5.69 Å². The van der Waals surface area contributed by atoms with E-state index in [4.69, 9.17) is 5.11 Å². The van der Waals surface area contributed by atoms with Crippen molar-refractivity contribution in [2.24, 2.45) is 0 Å². The summed E-state index contributed by atoms with van der Waals surface area (Å²) in [5.41, 5.74) is 2.54. The van der Waals surface area contributed by atoms with Gasteiger partial charge in [-0.2, -0.15) is 4.98 Å². The standard InChI is InChI=1S/C18H16BrN5O2/c19-14-6-2-1-4-12(14)10-21-16-8-15(13-5-3-7-20-9-13)23-18(24-16)22-11-17(25)26/h1-9H,10-11H2,(H,25,26)(H2,21,22,23,24). The van der Waals surface area contributed by atoms with Crippen molar-refractivity contribution >= 4 is 33.7 Å². The van der Waals surface area contributed by atoms with Gasteiger partial charge in [0.25, 0.3) is 0 Å². The summed E-state index contributed by atoms with van der Waals surface area (Å²) in [7, 11) is 0. The number of aliphatic carboxylic acids is 1. The number of hydrogen-bond donors (Lipinski definition) is 3. The van der Waals surface area contributed by atoms with E-state index in [1.165, 1.54) is 0 Å². The van der Waals surface area contributed by atoms with Gasteiger partial charge in [0.2, 0.25) is 5.95 Å². The van der Waals surface area contributed by atoms with Crippen molar-refractivity contribution in [3.8, 4) is 11.3 Å². The number of nitrogens with zero attached hydrogens (tertiary/aromatic N) is 3. The van der Waals surface area contributed by atoms with Gasteiger partial charge in [-0.15, -0.1) is 0 Å². The normalized spacial score (nSPS) is 10.3. The molecule has 0 bridgehead atoms. The van der Waals surface area contributed by atoms with Gasteiger partial charge in [-0.3, -0.25) is 9.78 Å². The number of carboxylic acid groups (broad SMARTS) is 1. The first-order valence-electron chi connectivity index (χ1n) is 7.84. The highest BCUT2D eigenvalue weighted by molar-refractivity contribution is 9.10. The fourth-order valence-electron chi connectivity index (χ4n) is 2.26. The highest BCUT2D eigenvalue weighted by Crippen LogP contribution is 2.22. The molecule has 0 aliphatic carbocycles. The highest BCUT2D eigenvalue weighted by Gasteiger charge is 2.09. The molecule has 0 fully saturated rings. The van der Waals surface area contributed by atoms with E-state index in [1.54, 1.807) is 18.5 Å². The number of aromatic nitrogens is 3. The van der Waals surface area contributed by atoms with E-state index in [0.29, 0.717) is 18.1 Å². The Bertz CT molecular complexity index is 905. The van der Waals surface area contributed by atoms with Crippen molar-refractivity contribution in [2.45, 2.75) is 6.54 Å². The molecule has 3 aromatic rings. The van der Waals surface area contributed by atoms with Crippen molar-refractivity contribution in [2.75, 3.05) is 17.2 Å². The Morgan fingerprint density at radius 3 is 2.69 bits per heavy atom. The number of rotatable bonds is 7. The number of anilines is 2. The molecule has 2 heterocycles. The Kier molecular flexibility index (Phi) is 5.75. The topological polar surface area (TPSA) is 100 Å². The monoisotopic (exact) mass is 413 g/mol. The first-order valence-corrected chi connectivity index (χ1v) is 8.63. The fourth-order valence-corrected chi connectivity index (χ4v) is 2.69. The second-order valence-electron chi connectivity index (χ2n) is 5.40. The Balaban J connectivity index is 1.86. The van der Waals surface area contributed by atoms with Crippen LogP contribution in [-0.2, 0) is 11.3 Å². The van der Waals surface area contributed by atoms with Crippen LogP contribution in [0.5, 0.6) is 0 Å². The average molecular weight is 414 g/mol. The Morgan fingerprint density at radius 1 is 1.12 bits per heavy atom. The molecule has 1 aromatic carbocycles. The molecule has 2 aromatic heterocycles. The largest absolute Gasteiger partial charge is 0.480 e. The summed E-state index contributed by atoms with van der Waals surface area (Å²) in [4.78, 5) is 23.6. The van der Waals surface area contributed by atoms with Crippen molar-refractivity contribution < 1.29 is 9.90 Å². The quantitative estimate of drug-likeness (QED) is 0.545. The number of pyridine rings is 1. The maximum absolute atomic E-state index is 10.8. The van der Waals surface area contributed by atoms with Gasteiger partial charge in [-0.1, -0.05) is 34.1 Å². The molecule has 0 saturated carbocycles. The molecule has 3 N–H and O–H groups in total. The molecule has 0 saturated heterocycles. The van der Waals surface area contributed by atoms with E-state index in [1.807, 2.05) is 36.4 Å². The second kappa shape index (κ2) is 8.39. The van der Waals surface area contributed by atoms with Crippen LogP contribution < -0.4 is 10.6 Å². The predicted molar refractivity (Wildman–Crippen MR) is 103 cm³/mol. The Hall–Kier alpha value is -3.00. The van der Waals surface area contributed by atoms with Crippen LogP contribution >= 0.6 is 15.9 Å². The molecule has 0 unspecified atom stereocenters. The van der Waals surface area contributed by atoms with Crippen LogP contribution in [0.15, 0.2) is 59.3 Å². The molecule has 0 radical (unpaired) electrons. The van der Waals surface area contributed by atoms with E-state index in [0.717, 1.165) is 15.6 Å². The maximum Gasteiger partial charge on any atom is 0.322 e. The van der Waals surface area contributed by atoms with Gasteiger partial charge in [0, 0.05) is 35.0 Å². The minimum atomic E-state index is -0.983. The average Bonchev–Trinajstić information content (AvgIpc) is 2.66. The summed E-state index contributed by atoms with van der Waals surface area (Å²) >= 11 is 3.52. The fraction of sp³-hybridized carbons (Fsp3) is 0.111. The maximum atomic E-state index is 10.8. The molecule has 0 aliphatic heterocycles. The van der Waals surface area contributed by atoms with Gasteiger partial charge in [0.1, 0.15) is 12.4 Å². The summed E-state index contributed by atoms with van der Waals surface area (Å²) in [6.07, 6.45) is 3.38. The summed E-state index contributed by atoms with van der Waals surface area (Å²) in [5, 5.41) is 14.8. The van der Waals surface area contributed by atoms with Gasteiger partial charge in [-0.05, 0) is 23.8 Å². The third-order valence-corrected chi connectivity index (χ3v) is 4.27. The third-order valence-electron chi connectivity index (χ3n) is 3.50. The first kappa shape index (κ1) is 17.8. The van der Waals surface area contributed by atoms with Crippen molar-refractivity contribution in [3.05, 3.63) is 64.9 Å². The van der Waals surface area contributed by atoms with Crippen LogP contribution in [0.4, 0.5) is 11.8 Å². The Labute approximate surface area is 158 Å². The molecular weight excluding hydrogens is 398 g/mol. The van der Waals surface area contributed by atoms with Crippen molar-refractivity contribution in [1.82, 2.24) is 15.0 Å². The van der Waals surface area contributed by atoms with E-state index in [-0.39, 0.29) is 12.5 Å². The smallest absolute Gasteiger partial charge is 0.322 e. The second-order valence-corrected chi connectivity index (χ2v) is 6.25. The lowest BCUT2D eigenvalue weighted by Crippen LogP contribution is -2.15. The summed E-state index contributed by atoms with van der Waals surface area (Å²) < 4.78 is 0.998. The molecular formula is C18H16BrN5O2. The number of benzene rings is 1. The van der Waals surface area contributed by atoms with Crippen molar-refractivity contribution in [3.63, 3.8) is 0 Å². The Morgan fingerprint density at radius 2 is 1.96 bits per heavy atom. The van der Waals surface area contributed by atoms with Crippen LogP contribution in [0, 0.1) is 0 Å². The van der Waals surface area contributed by atoms with E-state index in [2.05, 4.69) is 41.5 Å². The SMILES string of the molecule is O=C(O)CNc1nc(NCc2ccccc2Br)cc(-c2cccnc2)n1. The van der Waals surface area contributed by atoms with Crippen LogP contribution in [0.25, 0.3) is 11.3 Å². The highest BCUT2D eigenvalue weighted by atomic mass is 79.9. The van der Waals surface area contributed by atoms with Crippen LogP contribution in [0.2, 0.25) is 0 Å². The molecule has 3 rings (SSSR count). The molecule has 26 heavy (non-hydrogen) atoms. The van der Waals surface area contributed by atoms with E-state index < -0.39 is 5.97 Å². The van der Waals surface area contributed by atoms with Gasteiger partial charge < -0.3 is 15.7 Å². The predicted octanol–water partition coefficient (Wildman–Crippen LogP) is 3.41. The van der Waals surface area contributed by atoms with Gasteiger partial charge >= 0.3 is 5.97 Å². The zero-order chi connectivity index (χ0) is 18.4. The third kappa shape index (κ3) is 4.76. The van der Waals surface area contributed by atoms with Crippen LogP contribution in [0.3, 0.4) is 0 Å². The molecule has 7 nitrogen and oxygen atoms in total. The lowest BCUT2D eigenvalue weighted by molar-refractivity contribution is -0.134. The number of hydrogen-bond acceptors (Lipinski definition) is 6. The molecule has 0 atom stereocenters. The van der Waals surface area contributed by atoms with Gasteiger partial charge in [-0.25, -0.2) is 4.98 Å². The van der Waals surface area contributed by atoms with Crippen molar-refractivity contribution in [1.29, 1.82) is 0 Å². The molecule has 0 aliphatic rings. The zero-order valence-corrected chi connectivity index (χ0v) is 15.3. The van der Waals surface area contributed by atoms with Crippen LogP contribution in [-0.4, -0.2) is 32.6 Å². The van der Waals surface area contributed by atoms with E-state index >= 15 is 0 Å². The first-order chi connectivity index (χ1) is 12.6.